The monoisotopic (exact) mass is 546 g/mol. The molecule has 0 unspecified atom stereocenters. The molecule has 2 aliphatic rings. The third-order valence-electron chi connectivity index (χ3n) is 5.90. The van der Waals surface area contributed by atoms with Gasteiger partial charge in [0.15, 0.2) is 11.0 Å². The van der Waals surface area contributed by atoms with Crippen LogP contribution < -0.4 is 4.74 Å². The lowest BCUT2D eigenvalue weighted by molar-refractivity contribution is -0.188. The number of hydrogen-bond donors (Lipinski definition) is 0. The van der Waals surface area contributed by atoms with E-state index in [1.165, 1.54) is 16.7 Å². The Bertz CT molecular complexity index is 1020. The Labute approximate surface area is 229 Å². The Balaban J connectivity index is 1.81. The molecule has 0 bridgehead atoms. The summed E-state index contributed by atoms with van der Waals surface area (Å²) in [4.78, 5) is 32.3. The number of Topliss-reactive ketones (excluding diaryl/α,β-unsaturated/α-hetero) is 1. The van der Waals surface area contributed by atoms with Crippen LogP contribution in [0.3, 0.4) is 0 Å². The van der Waals surface area contributed by atoms with Crippen molar-refractivity contribution >= 4 is 28.8 Å². The highest BCUT2D eigenvalue weighted by Gasteiger charge is 2.53. The second kappa shape index (κ2) is 13.4. The number of thioether (sulfide) groups is 1. The first-order chi connectivity index (χ1) is 18.1. The molecule has 5 atom stereocenters. The quantitative estimate of drug-likeness (QED) is 0.377. The third-order valence-corrected chi connectivity index (χ3v) is 7.12. The Kier molecular flexibility index (Phi) is 10.6. The minimum Gasteiger partial charge on any atom is -0.497 e. The number of methoxy groups -OCH3 is 1. The van der Waals surface area contributed by atoms with Crippen LogP contribution in [0.2, 0.25) is 0 Å². The predicted molar refractivity (Wildman–Crippen MR) is 148 cm³/mol. The first-order valence-corrected chi connectivity index (χ1v) is 13.4. The first kappa shape index (κ1) is 29.9. The third kappa shape index (κ3) is 7.69. The molecule has 3 rings (SSSR count). The molecule has 2 aliphatic heterocycles. The summed E-state index contributed by atoms with van der Waals surface area (Å²) in [6, 6.07) is 7.11. The van der Waals surface area contributed by atoms with E-state index in [2.05, 4.69) is 13.2 Å². The molecule has 0 aromatic heterocycles. The summed E-state index contributed by atoms with van der Waals surface area (Å²) in [7, 11) is 3.21. The van der Waals surface area contributed by atoms with Crippen molar-refractivity contribution in [2.45, 2.75) is 69.0 Å². The van der Waals surface area contributed by atoms with E-state index >= 15 is 0 Å². The van der Waals surface area contributed by atoms with Gasteiger partial charge in [-0.25, -0.2) is 4.79 Å². The molecule has 9 nitrogen and oxygen atoms in total. The van der Waals surface area contributed by atoms with Crippen molar-refractivity contribution in [3.8, 4) is 5.75 Å². The first-order valence-electron chi connectivity index (χ1n) is 12.5. The molecule has 0 spiro atoms. The number of rotatable bonds is 11. The number of aryl methyl sites for hydroxylation is 1. The number of fused-ring (bicyclic) bond motifs is 1. The maximum atomic E-state index is 13.5. The van der Waals surface area contributed by atoms with Crippen LogP contribution in [0, 0.1) is 0 Å². The molecule has 1 aromatic rings. The summed E-state index contributed by atoms with van der Waals surface area (Å²) in [6.45, 7) is 13.3. The molecular formula is C28H38N2O7S. The van der Waals surface area contributed by atoms with Gasteiger partial charge in [-0.3, -0.25) is 14.7 Å². The standard InChI is InChI=1S/C28H38N2O7S/c1-8-16-34-23-21-25(38-26(29-21)30(6)27(32)37-28(3,4)5)36-22(24(23)35-17-9-2)20(31)15-12-18-10-13-19(33-7)14-11-18/h8-11,13-14,21-25H,1-2,12,15-17H2,3-7H3/t21-,22-,23-,24-,25-/m1/s1. The van der Waals surface area contributed by atoms with Crippen molar-refractivity contribution in [2.24, 2.45) is 4.99 Å². The fourth-order valence-corrected chi connectivity index (χ4v) is 5.24. The van der Waals surface area contributed by atoms with Crippen molar-refractivity contribution < 1.29 is 33.3 Å². The van der Waals surface area contributed by atoms with E-state index in [9.17, 15) is 9.59 Å². The molecule has 0 radical (unpaired) electrons. The highest BCUT2D eigenvalue weighted by molar-refractivity contribution is 8.14. The van der Waals surface area contributed by atoms with E-state index in [0.717, 1.165) is 11.3 Å². The van der Waals surface area contributed by atoms with E-state index in [0.29, 0.717) is 11.6 Å². The van der Waals surface area contributed by atoms with Crippen molar-refractivity contribution in [1.82, 2.24) is 4.90 Å². The van der Waals surface area contributed by atoms with Gasteiger partial charge in [-0.15, -0.1) is 13.2 Å². The Morgan fingerprint density at radius 1 is 1.11 bits per heavy atom. The number of benzene rings is 1. The maximum Gasteiger partial charge on any atom is 0.416 e. The zero-order valence-electron chi connectivity index (χ0n) is 22.8. The van der Waals surface area contributed by atoms with Crippen molar-refractivity contribution in [2.75, 3.05) is 27.4 Å². The molecular weight excluding hydrogens is 508 g/mol. The van der Waals surface area contributed by atoms with Crippen LogP contribution in [0.15, 0.2) is 54.6 Å². The number of ether oxygens (including phenoxy) is 5. The van der Waals surface area contributed by atoms with E-state index < -0.39 is 41.5 Å². The van der Waals surface area contributed by atoms with Gasteiger partial charge < -0.3 is 23.7 Å². The van der Waals surface area contributed by atoms with Crippen LogP contribution in [0.4, 0.5) is 4.79 Å². The second-order valence-electron chi connectivity index (χ2n) is 9.97. The zero-order chi connectivity index (χ0) is 27.9. The maximum absolute atomic E-state index is 13.5. The van der Waals surface area contributed by atoms with Crippen LogP contribution in [0.25, 0.3) is 0 Å². The minimum atomic E-state index is -0.877. The Morgan fingerprint density at radius 3 is 2.32 bits per heavy atom. The lowest BCUT2D eigenvalue weighted by atomic mass is 9.92. The van der Waals surface area contributed by atoms with Gasteiger partial charge >= 0.3 is 6.09 Å². The van der Waals surface area contributed by atoms with Crippen LogP contribution in [-0.4, -0.2) is 84.7 Å². The number of amides is 1. The average molecular weight is 547 g/mol. The molecule has 0 N–H and O–H groups in total. The van der Waals surface area contributed by atoms with E-state index in [1.807, 2.05) is 24.3 Å². The van der Waals surface area contributed by atoms with E-state index in [4.69, 9.17) is 28.7 Å². The number of nitrogens with zero attached hydrogens (tertiary/aromatic N) is 2. The van der Waals surface area contributed by atoms with Gasteiger partial charge in [-0.2, -0.15) is 0 Å². The number of carbonyl (C=O) groups excluding carboxylic acids is 2. The summed E-state index contributed by atoms with van der Waals surface area (Å²) in [5, 5.41) is 0.426. The van der Waals surface area contributed by atoms with Crippen molar-refractivity contribution in [3.05, 3.63) is 55.1 Å². The number of aliphatic imine (C=N–C) groups is 1. The largest absolute Gasteiger partial charge is 0.497 e. The van der Waals surface area contributed by atoms with Crippen molar-refractivity contribution in [3.63, 3.8) is 0 Å². The summed E-state index contributed by atoms with van der Waals surface area (Å²) in [5.74, 6) is 0.655. The van der Waals surface area contributed by atoms with Crippen molar-refractivity contribution in [1.29, 1.82) is 0 Å². The van der Waals surface area contributed by atoms with Gasteiger partial charge in [0.05, 0.1) is 20.3 Å². The fraction of sp³-hybridized carbons (Fsp3) is 0.536. The van der Waals surface area contributed by atoms with Gasteiger partial charge in [0.25, 0.3) is 0 Å². The molecule has 0 aliphatic carbocycles. The second-order valence-corrected chi connectivity index (χ2v) is 11.0. The SMILES string of the molecule is C=CCO[C@@H]1[C@H]2N=C(N(C)C(=O)OC(C)(C)C)S[C@H]2O[C@H](C(=O)CCc2ccc(OC)cc2)[C@H]1OCC=C. The topological polar surface area (TPSA) is 95.9 Å². The summed E-state index contributed by atoms with van der Waals surface area (Å²) < 4.78 is 29.2. The number of ketones is 1. The molecule has 0 saturated carbocycles. The summed E-state index contributed by atoms with van der Waals surface area (Å²) in [5.41, 5.74) is -0.182. The lowest BCUT2D eigenvalue weighted by Crippen LogP contribution is -2.59. The predicted octanol–water partition coefficient (Wildman–Crippen LogP) is 4.40. The molecule has 1 fully saturated rings. The van der Waals surface area contributed by atoms with Gasteiger partial charge in [-0.05, 0) is 44.9 Å². The van der Waals surface area contributed by atoms with Gasteiger partial charge in [0, 0.05) is 13.5 Å². The molecule has 2 heterocycles. The highest BCUT2D eigenvalue weighted by atomic mass is 32.2. The lowest BCUT2D eigenvalue weighted by Gasteiger charge is -2.41. The van der Waals surface area contributed by atoms with E-state index in [-0.39, 0.29) is 25.4 Å². The van der Waals surface area contributed by atoms with Gasteiger partial charge in [0.2, 0.25) is 0 Å². The van der Waals surface area contributed by atoms with Crippen LogP contribution in [0.5, 0.6) is 5.75 Å². The molecule has 38 heavy (non-hydrogen) atoms. The zero-order valence-corrected chi connectivity index (χ0v) is 23.6. The summed E-state index contributed by atoms with van der Waals surface area (Å²) >= 11 is 1.27. The van der Waals surface area contributed by atoms with E-state index in [1.54, 1.807) is 47.1 Å². The Hall–Kier alpha value is -2.66. The summed E-state index contributed by atoms with van der Waals surface area (Å²) in [6.07, 6.45) is 1.33. The average Bonchev–Trinajstić information content (AvgIpc) is 3.31. The smallest absolute Gasteiger partial charge is 0.416 e. The molecule has 1 amide bonds. The molecule has 1 aromatic carbocycles. The number of amidine groups is 1. The Morgan fingerprint density at radius 2 is 1.74 bits per heavy atom. The van der Waals surface area contributed by atoms with Gasteiger partial charge in [0.1, 0.15) is 41.1 Å². The minimum absolute atomic E-state index is 0.102. The van der Waals surface area contributed by atoms with Crippen LogP contribution in [-0.2, 0) is 30.2 Å². The highest BCUT2D eigenvalue weighted by Crippen LogP contribution is 2.40. The van der Waals surface area contributed by atoms with Gasteiger partial charge in [-0.1, -0.05) is 36.0 Å². The van der Waals surface area contributed by atoms with Crippen LogP contribution >= 0.6 is 11.8 Å². The fourth-order valence-electron chi connectivity index (χ4n) is 4.09. The van der Waals surface area contributed by atoms with Crippen LogP contribution in [0.1, 0.15) is 32.8 Å². The number of hydrogen-bond acceptors (Lipinski definition) is 9. The normalized spacial score (nSPS) is 24.7. The number of carbonyl (C=O) groups is 2. The molecule has 1 saturated heterocycles. The molecule has 10 heteroatoms. The molecule has 208 valence electrons.